The van der Waals surface area contributed by atoms with Gasteiger partial charge in [-0.3, -0.25) is 9.36 Å². The highest BCUT2D eigenvalue weighted by molar-refractivity contribution is 7.89. The quantitative estimate of drug-likeness (QED) is 0.212. The van der Waals surface area contributed by atoms with E-state index in [1.165, 1.54) is 42.9 Å². The molecule has 1 unspecified atom stereocenters. The molecule has 0 radical (unpaired) electrons. The van der Waals surface area contributed by atoms with Crippen LogP contribution < -0.4 is 0 Å². The number of sulfonamides is 2. The highest BCUT2D eigenvalue weighted by Gasteiger charge is 2.50. The Labute approximate surface area is 334 Å². The standard InChI is InChI=1S/C34H32F8N10O6S2/c1-15-7-19(35)29-17(25(15)31-43-13-49(3)47-31)8-23(45-29)60(55,56)52-10-20(58-22(12-52)34(40,41)42)27-16(2)26(32-44-14-50(4)48-32)18-9-24(46-30(18)28(27)36)59(53,54)51-5-6-57-21(11-51)33(37,38)39/h7-9,13-14,20-22,45-46H,5-6,10-12H2,1-4H3/t20?,21-,22+/m0/s1. The van der Waals surface area contributed by atoms with Crippen molar-refractivity contribution in [3.05, 3.63) is 59.2 Å². The molecule has 8 rings (SSSR count). The molecule has 2 aliphatic rings. The van der Waals surface area contributed by atoms with Crippen LogP contribution in [0.1, 0.15) is 22.8 Å². The molecule has 2 saturated heterocycles. The second kappa shape index (κ2) is 14.3. The molecule has 0 saturated carbocycles. The maximum Gasteiger partial charge on any atom is 0.415 e. The van der Waals surface area contributed by atoms with Gasteiger partial charge in [0.1, 0.15) is 34.6 Å². The van der Waals surface area contributed by atoms with Gasteiger partial charge in [0.15, 0.2) is 29.7 Å². The van der Waals surface area contributed by atoms with E-state index in [1.54, 1.807) is 7.05 Å². The Balaban J connectivity index is 1.25. The summed E-state index contributed by atoms with van der Waals surface area (Å²) in [6.07, 6.45) is -14.9. The number of hydrogen-bond acceptors (Lipinski definition) is 10. The number of aryl methyl sites for hydroxylation is 3. The fourth-order valence-corrected chi connectivity index (χ4v) is 10.4. The van der Waals surface area contributed by atoms with Gasteiger partial charge in [-0.2, -0.15) is 45.2 Å². The van der Waals surface area contributed by atoms with Crippen molar-refractivity contribution in [2.24, 2.45) is 14.1 Å². The number of nitrogens with one attached hydrogen (secondary N) is 2. The van der Waals surface area contributed by atoms with E-state index < -0.39 is 116 Å². The summed E-state index contributed by atoms with van der Waals surface area (Å²) in [5.41, 5.74) is -1.25. The van der Waals surface area contributed by atoms with Crippen molar-refractivity contribution < 1.29 is 61.4 Å². The second-order valence-corrected chi connectivity index (χ2v) is 18.2. The molecule has 4 aromatic heterocycles. The lowest BCUT2D eigenvalue weighted by Crippen LogP contribution is -2.52. The maximum atomic E-state index is 17.0. The molecule has 16 nitrogen and oxygen atoms in total. The summed E-state index contributed by atoms with van der Waals surface area (Å²) in [4.78, 5) is 13.2. The van der Waals surface area contributed by atoms with E-state index in [2.05, 4.69) is 30.1 Å². The van der Waals surface area contributed by atoms with Crippen LogP contribution in [0.4, 0.5) is 35.1 Å². The number of aromatic nitrogens is 8. The van der Waals surface area contributed by atoms with Gasteiger partial charge in [0.2, 0.25) is 0 Å². The number of ether oxygens (including phenoxy) is 2. The molecule has 2 N–H and O–H groups in total. The monoisotopic (exact) mass is 892 g/mol. The molecular formula is C34H32F8N10O6S2. The SMILES string of the molecule is Cc1cc(F)c2[nH]c(S(=O)(=O)N3CC(c4c(C)c(-c5ncn(C)n5)c5cc(S(=O)(=O)N6CCO[C@H](C(F)(F)F)C6)[nH]c5c4F)O[C@@H](C(F)(F)F)C3)cc2c1-c1ncn(C)n1. The van der Waals surface area contributed by atoms with Crippen molar-refractivity contribution in [3.8, 4) is 22.8 Å². The third-order valence-corrected chi connectivity index (χ3v) is 13.9. The molecular weight excluding hydrogens is 861 g/mol. The van der Waals surface area contributed by atoms with Gasteiger partial charge < -0.3 is 19.4 Å². The molecule has 322 valence electrons. The number of fused-ring (bicyclic) bond motifs is 2. The summed E-state index contributed by atoms with van der Waals surface area (Å²) < 4.78 is 187. The molecule has 0 aliphatic carbocycles. The highest BCUT2D eigenvalue weighted by Crippen LogP contribution is 2.44. The summed E-state index contributed by atoms with van der Waals surface area (Å²) in [6, 6.07) is 3.09. The average molecular weight is 893 g/mol. The second-order valence-electron chi connectivity index (χ2n) is 14.3. The molecule has 0 bridgehead atoms. The largest absolute Gasteiger partial charge is 0.415 e. The number of rotatable bonds is 7. The van der Waals surface area contributed by atoms with Crippen molar-refractivity contribution in [2.45, 2.75) is 54.6 Å². The normalized spacial score (nSPS) is 20.5. The number of aromatic amines is 2. The van der Waals surface area contributed by atoms with E-state index in [-0.39, 0.29) is 44.6 Å². The van der Waals surface area contributed by atoms with E-state index >= 15 is 8.78 Å². The zero-order chi connectivity index (χ0) is 43.4. The minimum absolute atomic E-state index is 0.0119. The first-order valence-corrected chi connectivity index (χ1v) is 20.6. The van der Waals surface area contributed by atoms with E-state index in [9.17, 15) is 43.2 Å². The summed E-state index contributed by atoms with van der Waals surface area (Å²) in [6.45, 7) is -1.66. The number of halogens is 8. The number of nitrogens with zero attached hydrogens (tertiary/aromatic N) is 8. The first-order valence-electron chi connectivity index (χ1n) is 17.8. The van der Waals surface area contributed by atoms with E-state index in [0.717, 1.165) is 18.2 Å². The summed E-state index contributed by atoms with van der Waals surface area (Å²) >= 11 is 0. The minimum Gasteiger partial charge on any atom is -0.366 e. The van der Waals surface area contributed by atoms with E-state index in [1.807, 2.05) is 0 Å². The number of alkyl halides is 6. The number of benzene rings is 2. The van der Waals surface area contributed by atoms with Gasteiger partial charge in [-0.15, -0.1) is 0 Å². The Hall–Kier alpha value is -5.02. The fraction of sp³-hybridized carbons (Fsp3) is 0.412. The molecule has 0 amide bonds. The molecule has 26 heteroatoms. The molecule has 2 aliphatic heterocycles. The molecule has 3 atom stereocenters. The number of morpholine rings is 2. The zero-order valence-electron chi connectivity index (χ0n) is 31.5. The molecule has 6 aromatic rings. The topological polar surface area (TPSA) is 186 Å². The minimum atomic E-state index is -5.21. The Kier molecular flexibility index (Phi) is 9.93. The third kappa shape index (κ3) is 7.00. The maximum absolute atomic E-state index is 17.0. The Morgan fingerprint density at radius 1 is 0.733 bits per heavy atom. The van der Waals surface area contributed by atoms with Crippen LogP contribution in [-0.4, -0.2) is 122 Å². The predicted octanol–water partition coefficient (Wildman–Crippen LogP) is 4.78. The summed E-state index contributed by atoms with van der Waals surface area (Å²) in [5.74, 6) is -2.27. The van der Waals surface area contributed by atoms with Crippen molar-refractivity contribution in [2.75, 3.05) is 32.8 Å². The lowest BCUT2D eigenvalue weighted by atomic mass is 9.93. The van der Waals surface area contributed by atoms with Crippen LogP contribution in [0.2, 0.25) is 0 Å². The fourth-order valence-electron chi connectivity index (χ4n) is 7.54. The van der Waals surface area contributed by atoms with Crippen molar-refractivity contribution in [1.29, 1.82) is 0 Å². The lowest BCUT2D eigenvalue weighted by molar-refractivity contribution is -0.249. The van der Waals surface area contributed by atoms with Crippen molar-refractivity contribution in [3.63, 3.8) is 0 Å². The molecule has 6 heterocycles. The highest BCUT2D eigenvalue weighted by atomic mass is 32.2. The lowest BCUT2D eigenvalue weighted by Gasteiger charge is -2.38. The van der Waals surface area contributed by atoms with Crippen LogP contribution in [0.5, 0.6) is 0 Å². The number of hydrogen-bond donors (Lipinski definition) is 2. The van der Waals surface area contributed by atoms with Crippen LogP contribution in [0, 0.1) is 25.5 Å². The Morgan fingerprint density at radius 2 is 1.27 bits per heavy atom. The Bertz CT molecular complexity index is 2910. The third-order valence-electron chi connectivity index (χ3n) is 10.4. The molecule has 0 spiro atoms. The first kappa shape index (κ1) is 41.7. The molecule has 60 heavy (non-hydrogen) atoms. The average Bonchev–Trinajstić information content (AvgIpc) is 3.99. The van der Waals surface area contributed by atoms with Crippen LogP contribution in [0.3, 0.4) is 0 Å². The summed E-state index contributed by atoms with van der Waals surface area (Å²) in [7, 11) is -6.79. The van der Waals surface area contributed by atoms with Gasteiger partial charge in [0, 0.05) is 67.7 Å². The van der Waals surface area contributed by atoms with E-state index in [4.69, 9.17) is 9.47 Å². The van der Waals surface area contributed by atoms with Crippen molar-refractivity contribution >= 4 is 41.9 Å². The predicted molar refractivity (Wildman–Crippen MR) is 193 cm³/mol. The zero-order valence-corrected chi connectivity index (χ0v) is 33.2. The van der Waals surface area contributed by atoms with Gasteiger partial charge in [-0.1, -0.05) is 0 Å². The van der Waals surface area contributed by atoms with Crippen LogP contribution in [0.25, 0.3) is 44.6 Å². The molecule has 2 aromatic carbocycles. The van der Waals surface area contributed by atoms with Crippen LogP contribution >= 0.6 is 0 Å². The van der Waals surface area contributed by atoms with Gasteiger partial charge >= 0.3 is 12.4 Å². The van der Waals surface area contributed by atoms with Crippen LogP contribution in [0.15, 0.2) is 40.9 Å². The van der Waals surface area contributed by atoms with Crippen molar-refractivity contribution in [1.82, 2.24) is 48.1 Å². The van der Waals surface area contributed by atoms with Gasteiger partial charge in [0.25, 0.3) is 20.0 Å². The smallest absolute Gasteiger partial charge is 0.366 e. The van der Waals surface area contributed by atoms with E-state index in [0.29, 0.717) is 14.2 Å². The van der Waals surface area contributed by atoms with Gasteiger partial charge in [0.05, 0.1) is 17.6 Å². The first-order chi connectivity index (χ1) is 28.0. The van der Waals surface area contributed by atoms with Gasteiger partial charge in [-0.05, 0) is 43.2 Å². The van der Waals surface area contributed by atoms with Gasteiger partial charge in [-0.25, -0.2) is 35.6 Å². The molecule has 2 fully saturated rings. The number of H-pyrrole nitrogens is 2. The summed E-state index contributed by atoms with van der Waals surface area (Å²) in [5, 5.41) is 6.76. The van der Waals surface area contributed by atoms with Crippen LogP contribution in [-0.2, 0) is 43.6 Å². The Morgan fingerprint density at radius 3 is 1.83 bits per heavy atom.